The summed E-state index contributed by atoms with van der Waals surface area (Å²) in [5.41, 5.74) is 8.17. The molecule has 7 rings (SSSR count). The van der Waals surface area contributed by atoms with Crippen molar-refractivity contribution in [1.82, 2.24) is 29.7 Å². The number of aromatic nitrogens is 4. The van der Waals surface area contributed by atoms with E-state index in [1.54, 1.807) is 72.8 Å². The van der Waals surface area contributed by atoms with Crippen LogP contribution in [0, 0.1) is 0 Å². The van der Waals surface area contributed by atoms with Crippen LogP contribution in [0.25, 0.3) is 11.2 Å². The first kappa shape index (κ1) is 44.1. The van der Waals surface area contributed by atoms with Crippen LogP contribution in [0.5, 0.6) is 11.5 Å². The SMILES string of the molecule is C[C@H](NP(=O)(OC[C@@H]1CC(OP(=O)(N[C@@H](C)C(=O)OCc2ccccc2)Oc2ccccc2)[C@H](n2cnc3c(N)ncnc32)O1)Oc1ccccc1)C(=O)OCc1ccccc1. The molecule has 0 spiro atoms. The van der Waals surface area contributed by atoms with Gasteiger partial charge in [-0.1, -0.05) is 97.1 Å². The number of ether oxygens (including phenoxy) is 3. The molecular formula is C42H45N7O11P2. The molecule has 1 saturated heterocycles. The van der Waals surface area contributed by atoms with Crippen molar-refractivity contribution < 1.29 is 51.0 Å². The summed E-state index contributed by atoms with van der Waals surface area (Å²) in [6.07, 6.45) is -0.540. The highest BCUT2D eigenvalue weighted by molar-refractivity contribution is 7.52. The van der Waals surface area contributed by atoms with E-state index in [0.717, 1.165) is 11.1 Å². The Balaban J connectivity index is 1.12. The van der Waals surface area contributed by atoms with Crippen LogP contribution in [0.4, 0.5) is 5.82 Å². The average Bonchev–Trinajstić information content (AvgIpc) is 3.89. The Kier molecular flexibility index (Phi) is 14.4. The third kappa shape index (κ3) is 11.7. The van der Waals surface area contributed by atoms with Gasteiger partial charge in [0, 0.05) is 6.42 Å². The lowest BCUT2D eigenvalue weighted by atomic mass is 10.2. The monoisotopic (exact) mass is 885 g/mol. The van der Waals surface area contributed by atoms with Crippen molar-refractivity contribution in [3.8, 4) is 11.5 Å². The van der Waals surface area contributed by atoms with Crippen molar-refractivity contribution in [3.05, 3.63) is 145 Å². The highest BCUT2D eigenvalue weighted by Gasteiger charge is 2.46. The quantitative estimate of drug-likeness (QED) is 0.0522. The summed E-state index contributed by atoms with van der Waals surface area (Å²) in [7, 11) is -8.86. The van der Waals surface area contributed by atoms with Crippen LogP contribution in [0.2, 0.25) is 0 Å². The normalized spacial score (nSPS) is 19.1. The lowest BCUT2D eigenvalue weighted by Gasteiger charge is -2.27. The van der Waals surface area contributed by atoms with Crippen molar-refractivity contribution in [2.75, 3.05) is 12.3 Å². The Labute approximate surface area is 357 Å². The number of para-hydroxylation sites is 2. The van der Waals surface area contributed by atoms with Gasteiger partial charge in [-0.05, 0) is 49.2 Å². The number of hydrogen-bond acceptors (Lipinski definition) is 15. The molecule has 1 fully saturated rings. The van der Waals surface area contributed by atoms with Gasteiger partial charge in [-0.15, -0.1) is 0 Å². The molecule has 2 aromatic heterocycles. The van der Waals surface area contributed by atoms with Gasteiger partial charge in [0.1, 0.15) is 54.7 Å². The molecule has 0 radical (unpaired) electrons. The fourth-order valence-electron chi connectivity index (χ4n) is 6.27. The third-order valence-corrected chi connectivity index (χ3v) is 12.7. The molecule has 3 unspecified atom stereocenters. The predicted octanol–water partition coefficient (Wildman–Crippen LogP) is 6.92. The number of carbonyl (C=O) groups excluding carboxylic acids is 2. The van der Waals surface area contributed by atoms with E-state index >= 15 is 0 Å². The van der Waals surface area contributed by atoms with Gasteiger partial charge in [0.2, 0.25) is 0 Å². The summed E-state index contributed by atoms with van der Waals surface area (Å²) in [4.78, 5) is 39.0. The number of carbonyl (C=O) groups is 2. The predicted molar refractivity (Wildman–Crippen MR) is 226 cm³/mol. The summed E-state index contributed by atoms with van der Waals surface area (Å²) in [6.45, 7) is 2.53. The first-order chi connectivity index (χ1) is 30.0. The second kappa shape index (κ2) is 20.3. The first-order valence-corrected chi connectivity index (χ1v) is 22.6. The van der Waals surface area contributed by atoms with E-state index in [4.69, 9.17) is 38.0 Å². The van der Waals surface area contributed by atoms with E-state index < -0.39 is 58.0 Å². The number of fused-ring (bicyclic) bond motifs is 1. The summed E-state index contributed by atoms with van der Waals surface area (Å²) >= 11 is 0. The Morgan fingerprint density at radius 3 is 1.79 bits per heavy atom. The number of rotatable bonds is 20. The molecule has 62 heavy (non-hydrogen) atoms. The summed E-state index contributed by atoms with van der Waals surface area (Å²) in [5.74, 6) is -0.935. The maximum Gasteiger partial charge on any atom is 0.459 e. The first-order valence-electron chi connectivity index (χ1n) is 19.5. The number of hydrogen-bond donors (Lipinski definition) is 3. The second-order valence-electron chi connectivity index (χ2n) is 14.1. The van der Waals surface area contributed by atoms with Gasteiger partial charge in [-0.3, -0.25) is 23.2 Å². The van der Waals surface area contributed by atoms with Crippen LogP contribution >= 0.6 is 15.5 Å². The Morgan fingerprint density at radius 1 is 0.742 bits per heavy atom. The van der Waals surface area contributed by atoms with E-state index in [9.17, 15) is 18.7 Å². The number of benzene rings is 4. The topological polar surface area (TPSA) is 227 Å². The maximum absolute atomic E-state index is 14.9. The number of esters is 2. The number of anilines is 1. The lowest BCUT2D eigenvalue weighted by Crippen LogP contribution is -2.36. The van der Waals surface area contributed by atoms with E-state index in [0.29, 0.717) is 0 Å². The average molecular weight is 886 g/mol. The molecule has 4 N–H and O–H groups in total. The Morgan fingerprint density at radius 2 is 1.24 bits per heavy atom. The minimum absolute atomic E-state index is 0.00502. The van der Waals surface area contributed by atoms with E-state index in [1.807, 2.05) is 48.5 Å². The summed E-state index contributed by atoms with van der Waals surface area (Å²) in [5, 5.41) is 5.42. The van der Waals surface area contributed by atoms with Crippen LogP contribution < -0.4 is 25.0 Å². The van der Waals surface area contributed by atoms with Crippen LogP contribution in [-0.2, 0) is 55.2 Å². The number of nitrogens with two attached hydrogens (primary N) is 1. The van der Waals surface area contributed by atoms with Gasteiger partial charge in [0.25, 0.3) is 0 Å². The smallest absolute Gasteiger partial charge is 0.459 e. The zero-order valence-electron chi connectivity index (χ0n) is 33.7. The Bertz CT molecular complexity index is 2510. The van der Waals surface area contributed by atoms with Crippen molar-refractivity contribution in [2.45, 2.75) is 64.0 Å². The molecule has 18 nitrogen and oxygen atoms in total. The molecule has 4 aromatic carbocycles. The zero-order valence-corrected chi connectivity index (χ0v) is 35.5. The van der Waals surface area contributed by atoms with Crippen LogP contribution in [0.3, 0.4) is 0 Å². The van der Waals surface area contributed by atoms with Gasteiger partial charge in [0.15, 0.2) is 17.7 Å². The molecule has 0 aliphatic carbocycles. The number of nitrogens with zero attached hydrogens (tertiary/aromatic N) is 4. The minimum Gasteiger partial charge on any atom is -0.460 e. The van der Waals surface area contributed by atoms with Crippen molar-refractivity contribution in [2.24, 2.45) is 0 Å². The molecule has 0 amide bonds. The van der Waals surface area contributed by atoms with Crippen molar-refractivity contribution >= 4 is 44.4 Å². The van der Waals surface area contributed by atoms with Gasteiger partial charge >= 0.3 is 27.4 Å². The van der Waals surface area contributed by atoms with Crippen molar-refractivity contribution in [3.63, 3.8) is 0 Å². The van der Waals surface area contributed by atoms with Crippen LogP contribution in [-0.4, -0.2) is 62.4 Å². The second-order valence-corrected chi connectivity index (χ2v) is 17.4. The fraction of sp³-hybridized carbons (Fsp3) is 0.262. The highest BCUT2D eigenvalue weighted by atomic mass is 31.2. The van der Waals surface area contributed by atoms with E-state index in [2.05, 4.69) is 25.1 Å². The lowest BCUT2D eigenvalue weighted by molar-refractivity contribution is -0.147. The standard InChI is InChI=1S/C42H45N7O11P2/c1-29(41(50)54-24-31-15-7-3-8-16-31)47-61(52,58-33-19-11-5-12-20-33)56-26-35-23-36(40(57-35)49-28-46-37-38(43)44-27-45-39(37)49)60-62(53,59-34-21-13-6-14-22-34)48-30(2)42(51)55-25-32-17-9-4-10-18-32/h3-22,27-30,35-36,40H,23-26H2,1-2H3,(H,47,52)(H,48,53)(H2,43,44,45)/t29-,30-,35-,36?,40+,61?,62?/m0/s1. The molecule has 0 bridgehead atoms. The minimum atomic E-state index is -4.49. The molecule has 0 saturated carbocycles. The molecular weight excluding hydrogens is 840 g/mol. The van der Waals surface area contributed by atoms with Gasteiger partial charge in [-0.25, -0.2) is 24.1 Å². The summed E-state index contributed by atoms with van der Waals surface area (Å²) < 4.78 is 72.5. The number of imidazole rings is 1. The largest absolute Gasteiger partial charge is 0.460 e. The summed E-state index contributed by atoms with van der Waals surface area (Å²) in [6, 6.07) is 32.4. The van der Waals surface area contributed by atoms with Crippen LogP contribution in [0.1, 0.15) is 37.6 Å². The molecule has 1 aliphatic rings. The molecule has 1 aliphatic heterocycles. The van der Waals surface area contributed by atoms with Crippen LogP contribution in [0.15, 0.2) is 134 Å². The van der Waals surface area contributed by atoms with E-state index in [-0.39, 0.29) is 54.7 Å². The van der Waals surface area contributed by atoms with E-state index in [1.165, 1.54) is 31.1 Å². The van der Waals surface area contributed by atoms with Gasteiger partial charge in [0.05, 0.1) is 19.0 Å². The van der Waals surface area contributed by atoms with Gasteiger partial charge < -0.3 is 29.0 Å². The highest BCUT2D eigenvalue weighted by Crippen LogP contribution is 2.51. The molecule has 6 aromatic rings. The maximum atomic E-state index is 14.9. The Hall–Kier alpha value is -5.97. The van der Waals surface area contributed by atoms with Crippen molar-refractivity contribution in [1.29, 1.82) is 0 Å². The van der Waals surface area contributed by atoms with Gasteiger partial charge in [-0.2, -0.15) is 10.2 Å². The molecule has 324 valence electrons. The molecule has 3 heterocycles. The third-order valence-electron chi connectivity index (χ3n) is 9.31. The fourth-order valence-corrected chi connectivity index (χ4v) is 9.48. The zero-order chi connectivity index (χ0) is 43.5. The number of nitrogen functional groups attached to an aromatic ring is 1. The number of nitrogens with one attached hydrogen (secondary N) is 2. The molecule has 20 heteroatoms. The molecule has 7 atom stereocenters.